The van der Waals surface area contributed by atoms with Gasteiger partial charge in [-0.25, -0.2) is 4.39 Å². The van der Waals surface area contributed by atoms with Gasteiger partial charge in [-0.1, -0.05) is 33.6 Å². The molecule has 29 heavy (non-hydrogen) atoms. The standard InChI is InChI=1S/C22H19BrClFN2O2/c1-14(28)27-18-8-6-17(7-9-18)26-12-15-11-16(23)5-10-22(15)29-13-19-20(24)3-2-4-21(19)25/h2-11,26H,12-13H2,1H3,(H,27,28). The maximum atomic E-state index is 14.0. The van der Waals surface area contributed by atoms with Crippen molar-refractivity contribution in [2.24, 2.45) is 0 Å². The molecule has 2 N–H and O–H groups in total. The summed E-state index contributed by atoms with van der Waals surface area (Å²) in [7, 11) is 0. The van der Waals surface area contributed by atoms with Crippen molar-refractivity contribution in [2.75, 3.05) is 10.6 Å². The number of carbonyl (C=O) groups is 1. The molecule has 1 amide bonds. The van der Waals surface area contributed by atoms with Crippen molar-refractivity contribution in [1.82, 2.24) is 0 Å². The van der Waals surface area contributed by atoms with Gasteiger partial charge in [-0.05, 0) is 54.6 Å². The summed E-state index contributed by atoms with van der Waals surface area (Å²) in [6.45, 7) is 2.00. The van der Waals surface area contributed by atoms with Gasteiger partial charge in [0.2, 0.25) is 5.91 Å². The van der Waals surface area contributed by atoms with Crippen LogP contribution in [0.5, 0.6) is 5.75 Å². The Morgan fingerprint density at radius 3 is 2.52 bits per heavy atom. The topological polar surface area (TPSA) is 50.4 Å². The van der Waals surface area contributed by atoms with Crippen LogP contribution in [-0.2, 0) is 17.9 Å². The van der Waals surface area contributed by atoms with E-state index in [2.05, 4.69) is 26.6 Å². The number of amides is 1. The first-order chi connectivity index (χ1) is 13.9. The Labute approximate surface area is 182 Å². The highest BCUT2D eigenvalue weighted by atomic mass is 79.9. The number of anilines is 2. The molecule has 0 saturated carbocycles. The predicted molar refractivity (Wildman–Crippen MR) is 118 cm³/mol. The number of carbonyl (C=O) groups excluding carboxylic acids is 1. The molecule has 0 aromatic heterocycles. The van der Waals surface area contributed by atoms with Crippen LogP contribution < -0.4 is 15.4 Å². The molecule has 0 unspecified atom stereocenters. The molecule has 0 spiro atoms. The molecular weight excluding hydrogens is 459 g/mol. The molecule has 0 saturated heterocycles. The number of nitrogens with one attached hydrogen (secondary N) is 2. The molecule has 0 heterocycles. The third kappa shape index (κ3) is 5.95. The Morgan fingerprint density at radius 1 is 1.10 bits per heavy atom. The minimum atomic E-state index is -0.395. The third-order valence-corrected chi connectivity index (χ3v) is 4.99. The predicted octanol–water partition coefficient (Wildman–Crippen LogP) is 6.39. The van der Waals surface area contributed by atoms with Crippen LogP contribution >= 0.6 is 27.5 Å². The van der Waals surface area contributed by atoms with Gasteiger partial charge in [0.05, 0.1) is 5.02 Å². The molecule has 3 aromatic carbocycles. The van der Waals surface area contributed by atoms with Crippen LogP contribution in [0.1, 0.15) is 18.1 Å². The summed E-state index contributed by atoms with van der Waals surface area (Å²) in [5, 5.41) is 6.38. The second kappa shape index (κ2) is 9.76. The fourth-order valence-corrected chi connectivity index (χ4v) is 3.35. The van der Waals surface area contributed by atoms with Gasteiger partial charge in [-0.2, -0.15) is 0 Å². The van der Waals surface area contributed by atoms with Crippen molar-refractivity contribution in [2.45, 2.75) is 20.1 Å². The first kappa shape index (κ1) is 21.1. The number of ether oxygens (including phenoxy) is 1. The van der Waals surface area contributed by atoms with Crippen molar-refractivity contribution in [3.8, 4) is 5.75 Å². The lowest BCUT2D eigenvalue weighted by Crippen LogP contribution is -2.06. The zero-order valence-corrected chi connectivity index (χ0v) is 18.0. The molecule has 3 rings (SSSR count). The quantitative estimate of drug-likeness (QED) is 0.414. The van der Waals surface area contributed by atoms with Crippen molar-refractivity contribution in [3.05, 3.63) is 87.1 Å². The average Bonchev–Trinajstić information content (AvgIpc) is 2.68. The van der Waals surface area contributed by atoms with Crippen molar-refractivity contribution in [3.63, 3.8) is 0 Å². The smallest absolute Gasteiger partial charge is 0.221 e. The summed E-state index contributed by atoms with van der Waals surface area (Å²) < 4.78 is 20.8. The van der Waals surface area contributed by atoms with E-state index in [1.165, 1.54) is 13.0 Å². The van der Waals surface area contributed by atoms with Gasteiger partial charge in [0, 0.05) is 40.4 Å². The van der Waals surface area contributed by atoms with E-state index in [-0.39, 0.29) is 12.5 Å². The maximum Gasteiger partial charge on any atom is 0.221 e. The number of hydrogen-bond acceptors (Lipinski definition) is 3. The summed E-state index contributed by atoms with van der Waals surface area (Å²) in [4.78, 5) is 11.1. The highest BCUT2D eigenvalue weighted by Gasteiger charge is 2.10. The SMILES string of the molecule is CC(=O)Nc1ccc(NCc2cc(Br)ccc2OCc2c(F)cccc2Cl)cc1. The lowest BCUT2D eigenvalue weighted by Gasteiger charge is -2.15. The highest BCUT2D eigenvalue weighted by Crippen LogP contribution is 2.27. The summed E-state index contributed by atoms with van der Waals surface area (Å²) in [5.74, 6) is 0.125. The number of hydrogen-bond donors (Lipinski definition) is 2. The van der Waals surface area contributed by atoms with Gasteiger partial charge in [-0.15, -0.1) is 0 Å². The van der Waals surface area contributed by atoms with E-state index in [0.29, 0.717) is 22.9 Å². The van der Waals surface area contributed by atoms with E-state index in [4.69, 9.17) is 16.3 Å². The largest absolute Gasteiger partial charge is 0.488 e. The van der Waals surface area contributed by atoms with Gasteiger partial charge in [-0.3, -0.25) is 4.79 Å². The molecular formula is C22H19BrClFN2O2. The molecule has 0 fully saturated rings. The summed E-state index contributed by atoms with van der Waals surface area (Å²) in [6, 6.07) is 17.6. The Morgan fingerprint density at radius 2 is 1.83 bits per heavy atom. The molecule has 7 heteroatoms. The Hall–Kier alpha value is -2.57. The molecule has 0 aliphatic rings. The normalized spacial score (nSPS) is 10.5. The summed E-state index contributed by atoms with van der Waals surface area (Å²) >= 11 is 9.55. The fraction of sp³-hybridized carbons (Fsp3) is 0.136. The van der Waals surface area contributed by atoms with Gasteiger partial charge in [0.15, 0.2) is 0 Å². The van der Waals surface area contributed by atoms with Crippen molar-refractivity contribution < 1.29 is 13.9 Å². The second-order valence-electron chi connectivity index (χ2n) is 6.35. The number of halogens is 3. The highest BCUT2D eigenvalue weighted by molar-refractivity contribution is 9.10. The van der Waals surface area contributed by atoms with E-state index < -0.39 is 5.82 Å². The van der Waals surface area contributed by atoms with Crippen LogP contribution in [0.2, 0.25) is 5.02 Å². The van der Waals surface area contributed by atoms with Crippen LogP contribution in [-0.4, -0.2) is 5.91 Å². The third-order valence-electron chi connectivity index (χ3n) is 4.14. The zero-order valence-electron chi connectivity index (χ0n) is 15.6. The lowest BCUT2D eigenvalue weighted by molar-refractivity contribution is -0.114. The average molecular weight is 478 g/mol. The molecule has 0 bridgehead atoms. The van der Waals surface area contributed by atoms with E-state index in [0.717, 1.165) is 21.4 Å². The first-order valence-corrected chi connectivity index (χ1v) is 10.0. The van der Waals surface area contributed by atoms with Crippen LogP contribution in [0, 0.1) is 5.82 Å². The van der Waals surface area contributed by atoms with E-state index in [1.807, 2.05) is 42.5 Å². The van der Waals surface area contributed by atoms with Gasteiger partial charge < -0.3 is 15.4 Å². The second-order valence-corrected chi connectivity index (χ2v) is 7.68. The fourth-order valence-electron chi connectivity index (χ4n) is 2.72. The van der Waals surface area contributed by atoms with Crippen LogP contribution in [0.25, 0.3) is 0 Å². The molecule has 4 nitrogen and oxygen atoms in total. The molecule has 0 aliphatic carbocycles. The summed E-state index contributed by atoms with van der Waals surface area (Å²) in [6.07, 6.45) is 0. The molecule has 0 radical (unpaired) electrons. The molecule has 0 atom stereocenters. The Bertz CT molecular complexity index is 992. The van der Waals surface area contributed by atoms with E-state index >= 15 is 0 Å². The Balaban J connectivity index is 1.69. The van der Waals surface area contributed by atoms with Gasteiger partial charge in [0.25, 0.3) is 0 Å². The van der Waals surface area contributed by atoms with E-state index in [9.17, 15) is 9.18 Å². The van der Waals surface area contributed by atoms with Gasteiger partial charge in [0.1, 0.15) is 18.2 Å². The van der Waals surface area contributed by atoms with Crippen LogP contribution in [0.3, 0.4) is 0 Å². The van der Waals surface area contributed by atoms with Crippen molar-refractivity contribution >= 4 is 44.8 Å². The van der Waals surface area contributed by atoms with Gasteiger partial charge >= 0.3 is 0 Å². The molecule has 3 aromatic rings. The number of rotatable bonds is 7. The maximum absolute atomic E-state index is 14.0. The van der Waals surface area contributed by atoms with Crippen LogP contribution in [0.15, 0.2) is 65.1 Å². The number of benzene rings is 3. The Kier molecular flexibility index (Phi) is 7.12. The molecule has 150 valence electrons. The summed E-state index contributed by atoms with van der Waals surface area (Å²) in [5.41, 5.74) is 2.85. The van der Waals surface area contributed by atoms with Crippen molar-refractivity contribution in [1.29, 1.82) is 0 Å². The minimum absolute atomic E-state index is 0.0333. The molecule has 0 aliphatic heterocycles. The minimum Gasteiger partial charge on any atom is -0.488 e. The lowest BCUT2D eigenvalue weighted by atomic mass is 10.2. The monoisotopic (exact) mass is 476 g/mol. The zero-order chi connectivity index (χ0) is 20.8. The van der Waals surface area contributed by atoms with Crippen LogP contribution in [0.4, 0.5) is 15.8 Å². The first-order valence-electron chi connectivity index (χ1n) is 8.88. The van der Waals surface area contributed by atoms with E-state index in [1.54, 1.807) is 12.1 Å².